The number of benzene rings is 1. The maximum absolute atomic E-state index is 13.4. The first kappa shape index (κ1) is 19.9. The topological polar surface area (TPSA) is 70.5 Å². The third-order valence-electron chi connectivity index (χ3n) is 3.49. The van der Waals surface area contributed by atoms with E-state index in [1.807, 2.05) is 0 Å². The molecule has 0 fully saturated rings. The van der Waals surface area contributed by atoms with E-state index in [1.54, 1.807) is 37.3 Å². The predicted molar refractivity (Wildman–Crippen MR) is 91.0 cm³/mol. The Labute approximate surface area is 152 Å². The monoisotopic (exact) mass is 386 g/mol. The standard InChI is InChI=1S/C17H17F3N2O3S/c1-2-9-22(10-8-12(23)24)16(25)13-14(17(18,19)20)21-15(26-13)11-6-4-3-5-7-11/h3-7H,2,8-10H2,1H3,(H,23,24). The minimum atomic E-state index is -4.78. The molecule has 0 saturated carbocycles. The zero-order valence-electron chi connectivity index (χ0n) is 13.9. The lowest BCUT2D eigenvalue weighted by Crippen LogP contribution is -2.34. The van der Waals surface area contributed by atoms with Gasteiger partial charge >= 0.3 is 12.1 Å². The highest BCUT2D eigenvalue weighted by Crippen LogP contribution is 2.38. The molecule has 26 heavy (non-hydrogen) atoms. The van der Waals surface area contributed by atoms with Gasteiger partial charge in [0, 0.05) is 18.7 Å². The van der Waals surface area contributed by atoms with Crippen molar-refractivity contribution in [2.24, 2.45) is 0 Å². The van der Waals surface area contributed by atoms with Gasteiger partial charge in [-0.2, -0.15) is 13.2 Å². The smallest absolute Gasteiger partial charge is 0.435 e. The Morgan fingerprint density at radius 3 is 2.38 bits per heavy atom. The molecule has 0 aliphatic heterocycles. The number of carboxylic acids is 1. The van der Waals surface area contributed by atoms with Gasteiger partial charge in [0.25, 0.3) is 5.91 Å². The van der Waals surface area contributed by atoms with Gasteiger partial charge < -0.3 is 10.0 Å². The van der Waals surface area contributed by atoms with Crippen molar-refractivity contribution in [2.45, 2.75) is 25.9 Å². The molecule has 0 radical (unpaired) electrons. The molecule has 0 bridgehead atoms. The van der Waals surface area contributed by atoms with Gasteiger partial charge in [0.05, 0.1) is 6.42 Å². The third kappa shape index (κ3) is 4.81. The summed E-state index contributed by atoms with van der Waals surface area (Å²) in [7, 11) is 0. The molecular formula is C17H17F3N2O3S. The van der Waals surface area contributed by atoms with Crippen LogP contribution in [0.2, 0.25) is 0 Å². The fraction of sp³-hybridized carbons (Fsp3) is 0.353. The number of aromatic nitrogens is 1. The molecule has 2 rings (SSSR count). The number of hydrogen-bond donors (Lipinski definition) is 1. The van der Waals surface area contributed by atoms with E-state index in [9.17, 15) is 22.8 Å². The summed E-state index contributed by atoms with van der Waals surface area (Å²) in [5.41, 5.74) is -0.752. The number of nitrogens with zero attached hydrogens (tertiary/aromatic N) is 2. The minimum Gasteiger partial charge on any atom is -0.481 e. The maximum atomic E-state index is 13.4. The predicted octanol–water partition coefficient (Wildman–Crippen LogP) is 4.16. The molecule has 0 saturated heterocycles. The van der Waals surface area contributed by atoms with Crippen molar-refractivity contribution in [3.05, 3.63) is 40.9 Å². The van der Waals surface area contributed by atoms with Crippen molar-refractivity contribution in [3.63, 3.8) is 0 Å². The van der Waals surface area contributed by atoms with E-state index in [-0.39, 0.29) is 24.5 Å². The van der Waals surface area contributed by atoms with E-state index in [2.05, 4.69) is 4.98 Å². The quantitative estimate of drug-likeness (QED) is 0.776. The van der Waals surface area contributed by atoms with Gasteiger partial charge in [-0.1, -0.05) is 37.3 Å². The normalized spacial score (nSPS) is 11.4. The van der Waals surface area contributed by atoms with Gasteiger partial charge in [-0.3, -0.25) is 9.59 Å². The average Bonchev–Trinajstić information content (AvgIpc) is 3.04. The van der Waals surface area contributed by atoms with Crippen molar-refractivity contribution in [2.75, 3.05) is 13.1 Å². The van der Waals surface area contributed by atoms with Crippen LogP contribution < -0.4 is 0 Å². The summed E-state index contributed by atoms with van der Waals surface area (Å²) in [6.45, 7) is 1.77. The second-order valence-electron chi connectivity index (χ2n) is 5.50. The van der Waals surface area contributed by atoms with Crippen molar-refractivity contribution in [3.8, 4) is 10.6 Å². The van der Waals surface area contributed by atoms with E-state index < -0.39 is 28.6 Å². The lowest BCUT2D eigenvalue weighted by molar-refractivity contribution is -0.141. The highest BCUT2D eigenvalue weighted by atomic mass is 32.1. The van der Waals surface area contributed by atoms with E-state index >= 15 is 0 Å². The van der Waals surface area contributed by atoms with Gasteiger partial charge in [0.15, 0.2) is 5.69 Å². The Bertz CT molecular complexity index is 775. The highest BCUT2D eigenvalue weighted by molar-refractivity contribution is 7.17. The maximum Gasteiger partial charge on any atom is 0.435 e. The first-order valence-electron chi connectivity index (χ1n) is 7.88. The molecule has 1 aromatic carbocycles. The van der Waals surface area contributed by atoms with Gasteiger partial charge in [0.2, 0.25) is 0 Å². The Balaban J connectivity index is 2.43. The molecule has 5 nitrogen and oxygen atoms in total. The highest BCUT2D eigenvalue weighted by Gasteiger charge is 2.40. The molecule has 1 aromatic heterocycles. The molecule has 1 N–H and O–H groups in total. The number of carboxylic acid groups (broad SMARTS) is 1. The van der Waals surface area contributed by atoms with Crippen LogP contribution >= 0.6 is 11.3 Å². The summed E-state index contributed by atoms with van der Waals surface area (Å²) in [5, 5.41) is 8.89. The Kier molecular flexibility index (Phi) is 6.36. The molecule has 140 valence electrons. The zero-order chi connectivity index (χ0) is 19.3. The molecule has 1 heterocycles. The summed E-state index contributed by atoms with van der Waals surface area (Å²) in [5.74, 6) is -1.97. The molecule has 0 atom stereocenters. The largest absolute Gasteiger partial charge is 0.481 e. The van der Waals surface area contributed by atoms with Gasteiger partial charge in [-0.05, 0) is 6.42 Å². The van der Waals surface area contributed by atoms with Crippen LogP contribution in [0.3, 0.4) is 0 Å². The second-order valence-corrected chi connectivity index (χ2v) is 6.50. The summed E-state index contributed by atoms with van der Waals surface area (Å²) < 4.78 is 40.1. The van der Waals surface area contributed by atoms with Gasteiger partial charge in [-0.25, -0.2) is 4.98 Å². The molecule has 0 aliphatic rings. The first-order chi connectivity index (χ1) is 12.2. The van der Waals surface area contributed by atoms with Crippen LogP contribution in [0.25, 0.3) is 10.6 Å². The molecule has 0 unspecified atom stereocenters. The van der Waals surface area contributed by atoms with Crippen molar-refractivity contribution >= 4 is 23.2 Å². The van der Waals surface area contributed by atoms with Crippen molar-refractivity contribution in [1.82, 2.24) is 9.88 Å². The van der Waals surface area contributed by atoms with Crippen molar-refractivity contribution < 1.29 is 27.9 Å². The second kappa shape index (κ2) is 8.31. The van der Waals surface area contributed by atoms with E-state index in [0.717, 1.165) is 4.90 Å². The number of alkyl halides is 3. The summed E-state index contributed by atoms with van der Waals surface area (Å²) >= 11 is 0.666. The van der Waals surface area contributed by atoms with Crippen LogP contribution in [0.4, 0.5) is 13.2 Å². The minimum absolute atomic E-state index is 0.0935. The number of rotatable bonds is 7. The number of amides is 1. The number of carbonyl (C=O) groups excluding carboxylic acids is 1. The molecule has 9 heteroatoms. The van der Waals surface area contributed by atoms with Gasteiger partial charge in [0.1, 0.15) is 9.88 Å². The fourth-order valence-corrected chi connectivity index (χ4v) is 3.38. The lowest BCUT2D eigenvalue weighted by atomic mass is 10.2. The van der Waals surface area contributed by atoms with Crippen LogP contribution in [0.15, 0.2) is 30.3 Å². The van der Waals surface area contributed by atoms with Crippen LogP contribution in [-0.2, 0) is 11.0 Å². The van der Waals surface area contributed by atoms with Crippen LogP contribution in [0, 0.1) is 0 Å². The van der Waals surface area contributed by atoms with E-state index in [0.29, 0.717) is 23.3 Å². The van der Waals surface area contributed by atoms with Crippen LogP contribution in [-0.4, -0.2) is 40.0 Å². The molecule has 1 amide bonds. The average molecular weight is 386 g/mol. The van der Waals surface area contributed by atoms with Gasteiger partial charge in [-0.15, -0.1) is 11.3 Å². The number of carbonyl (C=O) groups is 2. The lowest BCUT2D eigenvalue weighted by Gasteiger charge is -2.21. The molecule has 2 aromatic rings. The Hall–Kier alpha value is -2.42. The summed E-state index contributed by atoms with van der Waals surface area (Å²) in [6, 6.07) is 8.29. The van der Waals surface area contributed by atoms with Crippen LogP contribution in [0.1, 0.15) is 35.1 Å². The number of hydrogen-bond acceptors (Lipinski definition) is 4. The zero-order valence-corrected chi connectivity index (χ0v) is 14.7. The van der Waals surface area contributed by atoms with E-state index in [1.165, 1.54) is 0 Å². The fourth-order valence-electron chi connectivity index (χ4n) is 2.32. The first-order valence-corrected chi connectivity index (χ1v) is 8.70. The molecular weight excluding hydrogens is 369 g/mol. The molecule has 0 aliphatic carbocycles. The SMILES string of the molecule is CCCN(CCC(=O)O)C(=O)c1sc(-c2ccccc2)nc1C(F)(F)F. The number of thiazole rings is 1. The Morgan fingerprint density at radius 1 is 1.19 bits per heavy atom. The number of aliphatic carboxylic acids is 1. The van der Waals surface area contributed by atoms with Crippen molar-refractivity contribution in [1.29, 1.82) is 0 Å². The summed E-state index contributed by atoms with van der Waals surface area (Å²) in [4.78, 5) is 27.7. The molecule has 0 spiro atoms. The Morgan fingerprint density at radius 2 is 1.85 bits per heavy atom. The number of halogens is 3. The summed E-state index contributed by atoms with van der Waals surface area (Å²) in [6.07, 6.45) is -4.62. The van der Waals surface area contributed by atoms with Crippen LogP contribution in [0.5, 0.6) is 0 Å². The van der Waals surface area contributed by atoms with E-state index in [4.69, 9.17) is 5.11 Å². The third-order valence-corrected chi connectivity index (χ3v) is 4.58.